The van der Waals surface area contributed by atoms with Crippen molar-refractivity contribution in [2.75, 3.05) is 145 Å². The largest absolute Gasteiger partial charge is 0.463 e. The molecule has 0 aromatic rings. The fourth-order valence-electron chi connectivity index (χ4n) is 5.64. The first-order valence-electron chi connectivity index (χ1n) is 23.3. The third kappa shape index (κ3) is 52.6. The lowest BCUT2D eigenvalue weighted by atomic mass is 10.0. The number of unbranched alkanes of at least 4 members (excludes halogenated alkanes) is 15. The van der Waals surface area contributed by atoms with Crippen LogP contribution >= 0.6 is 0 Å². The summed E-state index contributed by atoms with van der Waals surface area (Å²) < 4.78 is 65.2. The molecule has 0 unspecified atom stereocenters. The summed E-state index contributed by atoms with van der Waals surface area (Å²) in [6, 6.07) is 0. The minimum atomic E-state index is -0.154. The maximum Gasteiger partial charge on any atom is 0.305 e. The highest BCUT2D eigenvalue weighted by molar-refractivity contribution is 5.69. The Morgan fingerprint density at radius 2 is 0.407 bits per heavy atom. The number of esters is 2. The van der Waals surface area contributed by atoms with Crippen molar-refractivity contribution in [2.45, 2.75) is 136 Å². The zero-order chi connectivity index (χ0) is 42.6. The molecule has 0 heterocycles. The fourth-order valence-corrected chi connectivity index (χ4v) is 5.64. The lowest BCUT2D eigenvalue weighted by Crippen LogP contribution is -2.16. The Hall–Kier alpha value is -1.46. The van der Waals surface area contributed by atoms with Gasteiger partial charge in [0.1, 0.15) is 13.2 Å². The second-order valence-corrected chi connectivity index (χ2v) is 14.4. The van der Waals surface area contributed by atoms with Gasteiger partial charge in [-0.15, -0.1) is 0 Å². The monoisotopic (exact) mass is 853 g/mol. The first-order chi connectivity index (χ1) is 29.2. The molecule has 0 aromatic heterocycles. The summed E-state index contributed by atoms with van der Waals surface area (Å²) in [4.78, 5) is 23.5. The van der Waals surface area contributed by atoms with Gasteiger partial charge in [-0.3, -0.25) is 9.59 Å². The van der Waals surface area contributed by atoms with Gasteiger partial charge in [0.15, 0.2) is 0 Å². The predicted molar refractivity (Wildman–Crippen MR) is 229 cm³/mol. The van der Waals surface area contributed by atoms with Gasteiger partial charge in [0.25, 0.3) is 0 Å². The molecule has 0 bridgehead atoms. The van der Waals surface area contributed by atoms with E-state index >= 15 is 0 Å². The van der Waals surface area contributed by atoms with Gasteiger partial charge in [0.05, 0.1) is 132 Å². The van der Waals surface area contributed by atoms with E-state index in [4.69, 9.17) is 56.8 Å². The Labute approximate surface area is 358 Å². The SMILES string of the molecule is CCCCCCCCCCCCCCCC(=O)OCCOCCOCCOCCOCCOCCOCCOCCOCCOCCOCCOC(=O)CCCCCC. The van der Waals surface area contributed by atoms with E-state index in [1.165, 1.54) is 70.6 Å². The van der Waals surface area contributed by atoms with Crippen molar-refractivity contribution < 1.29 is 66.4 Å². The molecule has 0 aliphatic heterocycles. The van der Waals surface area contributed by atoms with Gasteiger partial charge in [-0.05, 0) is 12.8 Å². The van der Waals surface area contributed by atoms with Crippen molar-refractivity contribution >= 4 is 11.9 Å². The minimum absolute atomic E-state index is 0.135. The number of hydrogen-bond donors (Lipinski definition) is 0. The maximum absolute atomic E-state index is 11.9. The number of hydrogen-bond acceptors (Lipinski definition) is 14. The maximum atomic E-state index is 11.9. The second-order valence-electron chi connectivity index (χ2n) is 14.4. The second kappa shape index (κ2) is 52.7. The topological polar surface area (TPSA) is 145 Å². The van der Waals surface area contributed by atoms with Crippen LogP contribution in [0.1, 0.15) is 136 Å². The summed E-state index contributed by atoms with van der Waals surface area (Å²) in [5.74, 6) is -0.289. The Kier molecular flexibility index (Phi) is 51.4. The van der Waals surface area contributed by atoms with Crippen LogP contribution < -0.4 is 0 Å². The van der Waals surface area contributed by atoms with Crippen LogP contribution in [0.3, 0.4) is 0 Å². The molecule has 0 aliphatic carbocycles. The highest BCUT2D eigenvalue weighted by Gasteiger charge is 2.04. The number of carbonyl (C=O) groups excluding carboxylic acids is 2. The van der Waals surface area contributed by atoms with Gasteiger partial charge >= 0.3 is 11.9 Å². The van der Waals surface area contributed by atoms with E-state index in [0.717, 1.165) is 38.5 Å². The van der Waals surface area contributed by atoms with Crippen molar-refractivity contribution in [1.29, 1.82) is 0 Å². The molecule has 0 amide bonds. The Bertz CT molecular complexity index is 822. The van der Waals surface area contributed by atoms with Gasteiger partial charge in [0.2, 0.25) is 0 Å². The Morgan fingerprint density at radius 3 is 0.627 bits per heavy atom. The average molecular weight is 853 g/mol. The summed E-state index contributed by atoms with van der Waals surface area (Å²) in [6.07, 6.45) is 22.0. The molecule has 14 heteroatoms. The molecule has 0 atom stereocenters. The first kappa shape index (κ1) is 57.5. The molecule has 352 valence electrons. The molecule has 14 nitrogen and oxygen atoms in total. The van der Waals surface area contributed by atoms with Crippen LogP contribution in [-0.4, -0.2) is 157 Å². The highest BCUT2D eigenvalue weighted by atomic mass is 16.6. The van der Waals surface area contributed by atoms with Gasteiger partial charge in [-0.1, -0.05) is 110 Å². The molecule has 0 aromatic carbocycles. The van der Waals surface area contributed by atoms with Gasteiger partial charge in [-0.2, -0.15) is 0 Å². The number of ether oxygens (including phenoxy) is 12. The predicted octanol–water partition coefficient (Wildman–Crippen LogP) is 7.69. The molecule has 59 heavy (non-hydrogen) atoms. The van der Waals surface area contributed by atoms with E-state index < -0.39 is 0 Å². The van der Waals surface area contributed by atoms with Gasteiger partial charge < -0.3 is 56.8 Å². The van der Waals surface area contributed by atoms with Crippen LogP contribution in [0.25, 0.3) is 0 Å². The number of rotatable bonds is 52. The lowest BCUT2D eigenvalue weighted by molar-refractivity contribution is -0.146. The summed E-state index contributed by atoms with van der Waals surface area (Å²) in [6.45, 7) is 14.4. The van der Waals surface area contributed by atoms with Gasteiger partial charge in [0, 0.05) is 12.8 Å². The zero-order valence-corrected chi connectivity index (χ0v) is 37.7. The van der Waals surface area contributed by atoms with E-state index in [2.05, 4.69) is 13.8 Å². The first-order valence-corrected chi connectivity index (χ1v) is 23.3. The van der Waals surface area contributed by atoms with Crippen molar-refractivity contribution in [1.82, 2.24) is 0 Å². The quantitative estimate of drug-likeness (QED) is 0.0436. The molecule has 0 saturated carbocycles. The summed E-state index contributed by atoms with van der Waals surface area (Å²) in [5, 5.41) is 0. The van der Waals surface area contributed by atoms with Crippen LogP contribution in [0, 0.1) is 0 Å². The van der Waals surface area contributed by atoms with Crippen LogP contribution in [0.5, 0.6) is 0 Å². The molecule has 0 rings (SSSR count). The van der Waals surface area contributed by atoms with E-state index in [9.17, 15) is 9.59 Å². The zero-order valence-electron chi connectivity index (χ0n) is 37.7. The Balaban J connectivity index is 3.14. The van der Waals surface area contributed by atoms with Crippen LogP contribution in [-0.2, 0) is 66.4 Å². The van der Waals surface area contributed by atoms with Crippen LogP contribution in [0.15, 0.2) is 0 Å². The average Bonchev–Trinajstić information content (AvgIpc) is 3.24. The third-order valence-corrected chi connectivity index (χ3v) is 9.05. The highest BCUT2D eigenvalue weighted by Crippen LogP contribution is 2.13. The molecule has 0 N–H and O–H groups in total. The molecule has 0 fully saturated rings. The summed E-state index contributed by atoms with van der Waals surface area (Å²) in [7, 11) is 0. The number of carbonyl (C=O) groups is 2. The Morgan fingerprint density at radius 1 is 0.237 bits per heavy atom. The van der Waals surface area contributed by atoms with Crippen molar-refractivity contribution in [3.05, 3.63) is 0 Å². The summed E-state index contributed by atoms with van der Waals surface area (Å²) in [5.41, 5.74) is 0. The summed E-state index contributed by atoms with van der Waals surface area (Å²) >= 11 is 0. The van der Waals surface area contributed by atoms with Crippen molar-refractivity contribution in [3.63, 3.8) is 0 Å². The van der Waals surface area contributed by atoms with E-state index in [1.54, 1.807) is 0 Å². The minimum Gasteiger partial charge on any atom is -0.463 e. The lowest BCUT2D eigenvalue weighted by Gasteiger charge is -2.09. The van der Waals surface area contributed by atoms with Crippen LogP contribution in [0.4, 0.5) is 0 Å². The molecular formula is C45H88O14. The molecular weight excluding hydrogens is 764 g/mol. The van der Waals surface area contributed by atoms with Crippen molar-refractivity contribution in [3.8, 4) is 0 Å². The normalized spacial score (nSPS) is 11.4. The molecule has 0 spiro atoms. The smallest absolute Gasteiger partial charge is 0.305 e. The molecule has 0 aliphatic rings. The van der Waals surface area contributed by atoms with Gasteiger partial charge in [-0.25, -0.2) is 0 Å². The fraction of sp³-hybridized carbons (Fsp3) is 0.956. The van der Waals surface area contributed by atoms with E-state index in [0.29, 0.717) is 145 Å². The third-order valence-electron chi connectivity index (χ3n) is 9.05. The van der Waals surface area contributed by atoms with E-state index in [-0.39, 0.29) is 25.2 Å². The standard InChI is InChI=1S/C45H88O14/c1-3-5-7-9-10-11-12-13-14-15-16-17-19-21-45(47)59-43-41-57-39-37-55-35-33-53-31-29-51-27-25-49-23-22-48-24-26-50-28-30-52-32-34-54-36-38-56-40-42-58-44(46)20-18-8-6-4-2/h3-43H2,1-2H3. The molecule has 0 radical (unpaired) electrons. The molecule has 0 saturated heterocycles. The van der Waals surface area contributed by atoms with Crippen LogP contribution in [0.2, 0.25) is 0 Å². The van der Waals surface area contributed by atoms with E-state index in [1.807, 2.05) is 0 Å². The van der Waals surface area contributed by atoms with Crippen molar-refractivity contribution in [2.24, 2.45) is 0 Å².